The Hall–Kier alpha value is -0.620. The average molecular weight is 233 g/mol. The molecule has 6 heteroatoms. The smallest absolute Gasteiger partial charge is 0.223 e. The minimum Gasteiger partial charge on any atom is -0.390 e. The van der Waals surface area contributed by atoms with Gasteiger partial charge in [-0.2, -0.15) is 0 Å². The number of aliphatic hydroxyl groups is 1. The van der Waals surface area contributed by atoms with Gasteiger partial charge in [0, 0.05) is 5.92 Å². The molecule has 86 valence electrons. The summed E-state index contributed by atoms with van der Waals surface area (Å²) in [6, 6.07) is -0.608. The lowest BCUT2D eigenvalue weighted by Crippen LogP contribution is -2.46. The largest absolute Gasteiger partial charge is 0.390 e. The lowest BCUT2D eigenvalue weighted by atomic mass is 9.84. The van der Waals surface area contributed by atoms with Crippen LogP contribution in [0.2, 0.25) is 0 Å². The molecule has 1 aliphatic carbocycles. The number of amides is 1. The number of nitrogens with one attached hydrogen (secondary N) is 1. The Labute approximate surface area is 88.8 Å². The Morgan fingerprint density at radius 2 is 1.93 bits per heavy atom. The maximum atomic E-state index is 11.5. The summed E-state index contributed by atoms with van der Waals surface area (Å²) in [5.74, 6) is -0.446. The van der Waals surface area contributed by atoms with E-state index in [-0.39, 0.29) is 23.3 Å². The molecule has 0 bridgehead atoms. The van der Waals surface area contributed by atoms with Gasteiger partial charge < -0.3 is 10.4 Å². The van der Waals surface area contributed by atoms with Crippen molar-refractivity contribution in [3.05, 3.63) is 0 Å². The van der Waals surface area contributed by atoms with Crippen LogP contribution in [-0.4, -0.2) is 43.1 Å². The SMILES string of the molecule is O=C(NC1CS(=O)(=O)CC1O)C1CCC1. The number of hydrogen-bond acceptors (Lipinski definition) is 4. The van der Waals surface area contributed by atoms with Crippen molar-refractivity contribution < 1.29 is 18.3 Å². The zero-order chi connectivity index (χ0) is 11.1. The fraction of sp³-hybridized carbons (Fsp3) is 0.889. The van der Waals surface area contributed by atoms with E-state index in [4.69, 9.17) is 0 Å². The summed E-state index contributed by atoms with van der Waals surface area (Å²) in [6.45, 7) is 0. The van der Waals surface area contributed by atoms with Gasteiger partial charge in [0.15, 0.2) is 9.84 Å². The van der Waals surface area contributed by atoms with Gasteiger partial charge in [-0.25, -0.2) is 8.42 Å². The van der Waals surface area contributed by atoms with E-state index >= 15 is 0 Å². The van der Waals surface area contributed by atoms with Crippen molar-refractivity contribution in [3.63, 3.8) is 0 Å². The normalized spacial score (nSPS) is 34.7. The molecule has 1 saturated heterocycles. The van der Waals surface area contributed by atoms with Crippen molar-refractivity contribution >= 4 is 15.7 Å². The maximum absolute atomic E-state index is 11.5. The summed E-state index contributed by atoms with van der Waals surface area (Å²) in [6.07, 6.45) is 1.87. The van der Waals surface area contributed by atoms with Gasteiger partial charge >= 0.3 is 0 Å². The van der Waals surface area contributed by atoms with E-state index in [9.17, 15) is 18.3 Å². The van der Waals surface area contributed by atoms with Crippen molar-refractivity contribution in [2.75, 3.05) is 11.5 Å². The van der Waals surface area contributed by atoms with Gasteiger partial charge in [0.05, 0.1) is 23.7 Å². The Morgan fingerprint density at radius 1 is 1.27 bits per heavy atom. The molecule has 2 N–H and O–H groups in total. The minimum atomic E-state index is -3.17. The standard InChI is InChI=1S/C9H15NO4S/c11-8-5-15(13,14)4-7(8)10-9(12)6-2-1-3-6/h6-8,11H,1-5H2,(H,10,12). The van der Waals surface area contributed by atoms with Gasteiger partial charge in [-0.15, -0.1) is 0 Å². The fourth-order valence-corrected chi connectivity index (χ4v) is 3.68. The zero-order valence-corrected chi connectivity index (χ0v) is 9.16. The molecule has 2 rings (SSSR count). The Balaban J connectivity index is 1.92. The van der Waals surface area contributed by atoms with Crippen LogP contribution < -0.4 is 5.32 Å². The molecular formula is C9H15NO4S. The number of carbonyl (C=O) groups excluding carboxylic acids is 1. The van der Waals surface area contributed by atoms with Gasteiger partial charge in [0.2, 0.25) is 5.91 Å². The van der Waals surface area contributed by atoms with E-state index in [1.165, 1.54) is 0 Å². The van der Waals surface area contributed by atoms with Gasteiger partial charge in [-0.1, -0.05) is 6.42 Å². The number of hydrogen-bond donors (Lipinski definition) is 2. The van der Waals surface area contributed by atoms with Crippen molar-refractivity contribution in [2.24, 2.45) is 5.92 Å². The van der Waals surface area contributed by atoms with Crippen LogP contribution in [0.1, 0.15) is 19.3 Å². The first-order chi connectivity index (χ1) is 6.98. The predicted molar refractivity (Wildman–Crippen MR) is 53.9 cm³/mol. The molecule has 0 radical (unpaired) electrons. The minimum absolute atomic E-state index is 0.0282. The predicted octanol–water partition coefficient (Wildman–Crippen LogP) is -0.939. The highest BCUT2D eigenvalue weighted by Gasteiger charge is 2.38. The second-order valence-corrected chi connectivity index (χ2v) is 6.54. The summed E-state index contributed by atoms with van der Waals surface area (Å²) in [5.41, 5.74) is 0. The molecule has 1 amide bonds. The molecule has 2 unspecified atom stereocenters. The van der Waals surface area contributed by atoms with Crippen LogP contribution in [0.15, 0.2) is 0 Å². The lowest BCUT2D eigenvalue weighted by molar-refractivity contribution is -0.128. The van der Waals surface area contributed by atoms with Crippen LogP contribution in [-0.2, 0) is 14.6 Å². The summed E-state index contributed by atoms with van der Waals surface area (Å²) in [4.78, 5) is 11.5. The average Bonchev–Trinajstić information content (AvgIpc) is 2.20. The van der Waals surface area contributed by atoms with Crippen molar-refractivity contribution in [1.29, 1.82) is 0 Å². The molecule has 1 saturated carbocycles. The zero-order valence-electron chi connectivity index (χ0n) is 8.35. The highest BCUT2D eigenvalue weighted by Crippen LogP contribution is 2.26. The molecule has 5 nitrogen and oxygen atoms in total. The molecule has 0 aromatic heterocycles. The quantitative estimate of drug-likeness (QED) is 0.645. The topological polar surface area (TPSA) is 83.5 Å². The molecule has 0 aromatic carbocycles. The van der Waals surface area contributed by atoms with Gasteiger partial charge in [0.1, 0.15) is 0 Å². The molecule has 0 spiro atoms. The monoisotopic (exact) mass is 233 g/mol. The summed E-state index contributed by atoms with van der Waals surface area (Å²) >= 11 is 0. The molecule has 2 atom stereocenters. The van der Waals surface area contributed by atoms with Crippen LogP contribution in [0, 0.1) is 5.92 Å². The summed E-state index contributed by atoms with van der Waals surface area (Å²) in [7, 11) is -3.17. The van der Waals surface area contributed by atoms with Crippen LogP contribution >= 0.6 is 0 Å². The van der Waals surface area contributed by atoms with E-state index in [2.05, 4.69) is 5.32 Å². The van der Waals surface area contributed by atoms with Crippen molar-refractivity contribution in [2.45, 2.75) is 31.4 Å². The number of carbonyl (C=O) groups is 1. The molecule has 2 aliphatic rings. The van der Waals surface area contributed by atoms with Gasteiger partial charge in [-0.3, -0.25) is 4.79 Å². The lowest BCUT2D eigenvalue weighted by Gasteiger charge is -2.26. The molecule has 0 aromatic rings. The third-order valence-electron chi connectivity index (χ3n) is 3.13. The number of aliphatic hydroxyl groups excluding tert-OH is 1. The van der Waals surface area contributed by atoms with Gasteiger partial charge in [0.25, 0.3) is 0 Å². The van der Waals surface area contributed by atoms with Crippen molar-refractivity contribution in [1.82, 2.24) is 5.32 Å². The van der Waals surface area contributed by atoms with E-state index in [1.54, 1.807) is 0 Å². The van der Waals surface area contributed by atoms with Crippen LogP contribution in [0.5, 0.6) is 0 Å². The van der Waals surface area contributed by atoms with E-state index in [1.807, 2.05) is 0 Å². The van der Waals surface area contributed by atoms with E-state index in [0.717, 1.165) is 19.3 Å². The summed E-state index contributed by atoms with van der Waals surface area (Å²) in [5, 5.41) is 12.1. The van der Waals surface area contributed by atoms with Crippen LogP contribution in [0.25, 0.3) is 0 Å². The van der Waals surface area contributed by atoms with E-state index < -0.39 is 22.0 Å². The Bertz CT molecular complexity index is 360. The molecule has 1 heterocycles. The van der Waals surface area contributed by atoms with Gasteiger partial charge in [-0.05, 0) is 12.8 Å². The van der Waals surface area contributed by atoms with Crippen LogP contribution in [0.3, 0.4) is 0 Å². The molecule has 2 fully saturated rings. The Morgan fingerprint density at radius 3 is 2.33 bits per heavy atom. The first-order valence-electron chi connectivity index (χ1n) is 5.17. The second-order valence-electron chi connectivity index (χ2n) is 4.39. The second kappa shape index (κ2) is 3.75. The molecule has 1 aliphatic heterocycles. The molecular weight excluding hydrogens is 218 g/mol. The first kappa shape index (κ1) is 10.9. The van der Waals surface area contributed by atoms with Crippen molar-refractivity contribution in [3.8, 4) is 0 Å². The maximum Gasteiger partial charge on any atom is 0.223 e. The molecule has 15 heavy (non-hydrogen) atoms. The number of sulfone groups is 1. The third-order valence-corrected chi connectivity index (χ3v) is 4.84. The fourth-order valence-electron chi connectivity index (χ4n) is 1.94. The first-order valence-corrected chi connectivity index (χ1v) is 6.99. The summed E-state index contributed by atoms with van der Waals surface area (Å²) < 4.78 is 22.3. The third kappa shape index (κ3) is 2.31. The Kier molecular flexibility index (Phi) is 2.72. The van der Waals surface area contributed by atoms with Crippen LogP contribution in [0.4, 0.5) is 0 Å². The highest BCUT2D eigenvalue weighted by molar-refractivity contribution is 7.91. The van der Waals surface area contributed by atoms with E-state index in [0.29, 0.717) is 0 Å². The highest BCUT2D eigenvalue weighted by atomic mass is 32.2. The number of rotatable bonds is 2.